The van der Waals surface area contributed by atoms with E-state index in [1.165, 1.54) is 0 Å². The standard InChI is InChI=1S/C23H41NO5/c1-22(2,3)13-9-16-27-15-8-11-20(25)10-7-12-21(26)24-14-17-28-18-19-29-23(4,5)6/h7-8,10-12,14-19H2,1-6H3,(H,24,26). The Bertz CT molecular complexity index is 520. The minimum absolute atomic E-state index is 0.0142. The number of rotatable bonds is 15. The zero-order valence-electron chi connectivity index (χ0n) is 19.3. The lowest BCUT2D eigenvalue weighted by Crippen LogP contribution is -2.28. The number of hydrogen-bond acceptors (Lipinski definition) is 5. The molecule has 0 fully saturated rings. The molecule has 6 nitrogen and oxygen atoms in total. The fraction of sp³-hybridized carbons (Fsp3) is 0.826. The summed E-state index contributed by atoms with van der Waals surface area (Å²) >= 11 is 0. The van der Waals surface area contributed by atoms with Crippen molar-refractivity contribution in [2.24, 2.45) is 5.41 Å². The molecule has 0 rings (SSSR count). The van der Waals surface area contributed by atoms with E-state index in [-0.39, 0.29) is 22.7 Å². The summed E-state index contributed by atoms with van der Waals surface area (Å²) in [6.07, 6.45) is 2.54. The Morgan fingerprint density at radius 3 is 2.17 bits per heavy atom. The Hall–Kier alpha value is -1.42. The zero-order valence-corrected chi connectivity index (χ0v) is 19.3. The van der Waals surface area contributed by atoms with Gasteiger partial charge >= 0.3 is 0 Å². The normalized spacial score (nSPS) is 11.7. The molecule has 0 radical (unpaired) electrons. The molecule has 0 aromatic carbocycles. The van der Waals surface area contributed by atoms with Crippen LogP contribution in [-0.4, -0.2) is 56.9 Å². The Morgan fingerprint density at radius 2 is 1.52 bits per heavy atom. The van der Waals surface area contributed by atoms with Gasteiger partial charge in [0, 0.05) is 37.8 Å². The maximum atomic E-state index is 11.8. The van der Waals surface area contributed by atoms with Gasteiger partial charge in [0.15, 0.2) is 0 Å². The molecule has 0 aromatic heterocycles. The molecule has 6 heteroatoms. The van der Waals surface area contributed by atoms with Gasteiger partial charge in [0.25, 0.3) is 0 Å². The molecular weight excluding hydrogens is 370 g/mol. The summed E-state index contributed by atoms with van der Waals surface area (Å²) in [6, 6.07) is 0. The summed E-state index contributed by atoms with van der Waals surface area (Å²) in [5.41, 5.74) is -0.178. The molecule has 0 aliphatic rings. The van der Waals surface area contributed by atoms with Gasteiger partial charge in [-0.2, -0.15) is 0 Å². The SMILES string of the molecule is CC(C)(C)C#CCOCCCC(=O)CCCC(=O)NCCOCCOC(C)(C)C. The maximum absolute atomic E-state index is 11.8. The molecule has 29 heavy (non-hydrogen) atoms. The van der Waals surface area contributed by atoms with Crippen LogP contribution in [0.3, 0.4) is 0 Å². The Morgan fingerprint density at radius 1 is 0.828 bits per heavy atom. The van der Waals surface area contributed by atoms with Crippen LogP contribution in [0.1, 0.15) is 73.6 Å². The van der Waals surface area contributed by atoms with E-state index in [0.717, 1.165) is 0 Å². The number of ketones is 1. The lowest BCUT2D eigenvalue weighted by molar-refractivity contribution is -0.122. The lowest BCUT2D eigenvalue weighted by atomic mass is 9.98. The van der Waals surface area contributed by atoms with E-state index in [1.807, 2.05) is 20.8 Å². The van der Waals surface area contributed by atoms with Gasteiger partial charge in [0.1, 0.15) is 12.4 Å². The first-order valence-electron chi connectivity index (χ1n) is 10.6. The van der Waals surface area contributed by atoms with Gasteiger partial charge < -0.3 is 19.5 Å². The predicted molar refractivity (Wildman–Crippen MR) is 116 cm³/mol. The highest BCUT2D eigenvalue weighted by Gasteiger charge is 2.09. The van der Waals surface area contributed by atoms with Crippen molar-refractivity contribution in [2.45, 2.75) is 79.2 Å². The average Bonchev–Trinajstić information content (AvgIpc) is 2.58. The van der Waals surface area contributed by atoms with E-state index < -0.39 is 0 Å². The average molecular weight is 412 g/mol. The maximum Gasteiger partial charge on any atom is 0.220 e. The minimum atomic E-state index is -0.164. The third kappa shape index (κ3) is 22.7. The van der Waals surface area contributed by atoms with Crippen molar-refractivity contribution in [3.05, 3.63) is 0 Å². The van der Waals surface area contributed by atoms with Gasteiger partial charge in [-0.25, -0.2) is 0 Å². The molecule has 0 spiro atoms. The van der Waals surface area contributed by atoms with Crippen molar-refractivity contribution in [1.82, 2.24) is 5.32 Å². The predicted octanol–water partition coefficient (Wildman–Crippen LogP) is 3.52. The topological polar surface area (TPSA) is 73.9 Å². The first kappa shape index (κ1) is 27.6. The fourth-order valence-electron chi connectivity index (χ4n) is 2.23. The number of hydrogen-bond donors (Lipinski definition) is 1. The minimum Gasteiger partial charge on any atom is -0.377 e. The molecule has 0 aromatic rings. The van der Waals surface area contributed by atoms with Crippen molar-refractivity contribution in [3.8, 4) is 11.8 Å². The van der Waals surface area contributed by atoms with E-state index in [0.29, 0.717) is 71.7 Å². The highest BCUT2D eigenvalue weighted by Crippen LogP contribution is 2.09. The van der Waals surface area contributed by atoms with E-state index in [9.17, 15) is 9.59 Å². The monoisotopic (exact) mass is 411 g/mol. The number of ether oxygens (including phenoxy) is 3. The van der Waals surface area contributed by atoms with E-state index in [1.54, 1.807) is 0 Å². The summed E-state index contributed by atoms with van der Waals surface area (Å²) < 4.78 is 16.4. The molecule has 1 amide bonds. The van der Waals surface area contributed by atoms with Crippen LogP contribution in [0, 0.1) is 17.3 Å². The summed E-state index contributed by atoms with van der Waals surface area (Å²) in [5, 5.41) is 2.80. The van der Waals surface area contributed by atoms with Crippen molar-refractivity contribution in [3.63, 3.8) is 0 Å². The molecule has 0 unspecified atom stereocenters. The van der Waals surface area contributed by atoms with Crippen molar-refractivity contribution >= 4 is 11.7 Å². The fourth-order valence-corrected chi connectivity index (χ4v) is 2.23. The van der Waals surface area contributed by atoms with Crippen molar-refractivity contribution in [2.75, 3.05) is 39.6 Å². The molecule has 0 aliphatic carbocycles. The van der Waals surface area contributed by atoms with Gasteiger partial charge in [0.2, 0.25) is 5.91 Å². The van der Waals surface area contributed by atoms with Crippen LogP contribution in [0.25, 0.3) is 0 Å². The van der Waals surface area contributed by atoms with Crippen molar-refractivity contribution < 1.29 is 23.8 Å². The third-order valence-electron chi connectivity index (χ3n) is 3.57. The number of carbonyl (C=O) groups is 2. The second-order valence-electron chi connectivity index (χ2n) is 9.02. The molecule has 0 saturated heterocycles. The summed E-state index contributed by atoms with van der Waals surface area (Å²) in [7, 11) is 0. The van der Waals surface area contributed by atoms with Gasteiger partial charge in [-0.15, -0.1) is 0 Å². The Kier molecular flexibility index (Phi) is 14.7. The molecule has 0 aliphatic heterocycles. The van der Waals surface area contributed by atoms with E-state index in [4.69, 9.17) is 14.2 Å². The van der Waals surface area contributed by atoms with Gasteiger partial charge in [-0.3, -0.25) is 9.59 Å². The molecule has 168 valence electrons. The largest absolute Gasteiger partial charge is 0.377 e. The smallest absolute Gasteiger partial charge is 0.220 e. The number of nitrogens with one attached hydrogen (secondary N) is 1. The molecule has 1 N–H and O–H groups in total. The van der Waals surface area contributed by atoms with Crippen LogP contribution in [0.4, 0.5) is 0 Å². The lowest BCUT2D eigenvalue weighted by Gasteiger charge is -2.19. The van der Waals surface area contributed by atoms with E-state index in [2.05, 4.69) is 37.9 Å². The van der Waals surface area contributed by atoms with E-state index >= 15 is 0 Å². The molecule has 0 atom stereocenters. The Labute approximate surface area is 177 Å². The highest BCUT2D eigenvalue weighted by atomic mass is 16.5. The summed E-state index contributed by atoms with van der Waals surface area (Å²) in [6.45, 7) is 15.1. The van der Waals surface area contributed by atoms with Crippen molar-refractivity contribution in [1.29, 1.82) is 0 Å². The first-order valence-corrected chi connectivity index (χ1v) is 10.6. The third-order valence-corrected chi connectivity index (χ3v) is 3.57. The second kappa shape index (κ2) is 15.4. The molecular formula is C23H41NO5. The van der Waals surface area contributed by atoms with Crippen LogP contribution in [0.2, 0.25) is 0 Å². The first-order chi connectivity index (χ1) is 13.5. The van der Waals surface area contributed by atoms with Gasteiger partial charge in [-0.05, 0) is 54.4 Å². The number of Topliss-reactive ketones (excluding diaryl/α,β-unsaturated/α-hetero) is 1. The van der Waals surface area contributed by atoms with Gasteiger partial charge in [-0.1, -0.05) is 11.8 Å². The van der Waals surface area contributed by atoms with Crippen LogP contribution in [0.15, 0.2) is 0 Å². The van der Waals surface area contributed by atoms with Crippen LogP contribution < -0.4 is 5.32 Å². The summed E-state index contributed by atoms with van der Waals surface area (Å²) in [5.74, 6) is 6.20. The van der Waals surface area contributed by atoms with Gasteiger partial charge in [0.05, 0.1) is 25.4 Å². The quantitative estimate of drug-likeness (QED) is 0.330. The zero-order chi connectivity index (χ0) is 22.2. The second-order valence-corrected chi connectivity index (χ2v) is 9.02. The molecule has 0 saturated carbocycles. The van der Waals surface area contributed by atoms with Crippen LogP contribution in [0.5, 0.6) is 0 Å². The summed E-state index contributed by atoms with van der Waals surface area (Å²) in [4.78, 5) is 23.6. The molecule has 0 bridgehead atoms. The Balaban J connectivity index is 3.50. The van der Waals surface area contributed by atoms with Crippen LogP contribution in [-0.2, 0) is 23.8 Å². The van der Waals surface area contributed by atoms with Crippen LogP contribution >= 0.6 is 0 Å². The number of amides is 1. The molecule has 0 heterocycles. The number of carbonyl (C=O) groups excluding carboxylic acids is 2. The highest BCUT2D eigenvalue weighted by molar-refractivity contribution is 5.80.